The Kier molecular flexibility index (Phi) is 4.88. The van der Waals surface area contributed by atoms with Gasteiger partial charge in [0.05, 0.1) is 31.5 Å². The van der Waals surface area contributed by atoms with Crippen LogP contribution in [-0.2, 0) is 18.3 Å². The van der Waals surface area contributed by atoms with Crippen LogP contribution in [0.3, 0.4) is 0 Å². The number of benzene rings is 2. The van der Waals surface area contributed by atoms with Crippen molar-refractivity contribution in [2.75, 3.05) is 13.2 Å². The van der Waals surface area contributed by atoms with Crippen molar-refractivity contribution >= 4 is 16.7 Å². The number of hydrogen-bond acceptors (Lipinski definition) is 4. The number of carbonyl (C=O) groups excluding carboxylic acids is 1. The fourth-order valence-electron chi connectivity index (χ4n) is 3.82. The number of aromatic nitrogens is 3. The first-order valence-corrected chi connectivity index (χ1v) is 10.2. The zero-order valence-corrected chi connectivity index (χ0v) is 17.1. The van der Waals surface area contributed by atoms with Gasteiger partial charge in [-0.3, -0.25) is 14.3 Å². The van der Waals surface area contributed by atoms with Crippen molar-refractivity contribution < 1.29 is 9.53 Å². The molecule has 2 aromatic carbocycles. The van der Waals surface area contributed by atoms with E-state index >= 15 is 0 Å². The molecule has 5 rings (SSSR count). The number of ether oxygens (including phenoxy) is 1. The third-order valence-corrected chi connectivity index (χ3v) is 5.61. The van der Waals surface area contributed by atoms with Gasteiger partial charge in [0.15, 0.2) is 0 Å². The second kappa shape index (κ2) is 7.85. The van der Waals surface area contributed by atoms with Crippen LogP contribution in [0.4, 0.5) is 0 Å². The molecule has 0 radical (unpaired) electrons. The Labute approximate surface area is 178 Å². The summed E-state index contributed by atoms with van der Waals surface area (Å²) in [4.78, 5) is 25.5. The van der Waals surface area contributed by atoms with Gasteiger partial charge in [0, 0.05) is 36.0 Å². The number of nitrogens with one attached hydrogen (secondary N) is 1. The number of rotatable bonds is 5. The number of aryl methyl sites for hydroxylation is 1. The number of nitrogens with zero attached hydrogens (tertiary/aromatic N) is 3. The van der Waals surface area contributed by atoms with Crippen LogP contribution in [0.15, 0.2) is 71.8 Å². The monoisotopic (exact) mass is 414 g/mol. The average molecular weight is 414 g/mol. The molecule has 0 spiro atoms. The third kappa shape index (κ3) is 3.75. The van der Waals surface area contributed by atoms with E-state index in [1.165, 1.54) is 0 Å². The van der Waals surface area contributed by atoms with E-state index in [0.29, 0.717) is 30.7 Å². The zero-order valence-electron chi connectivity index (χ0n) is 17.1. The van der Waals surface area contributed by atoms with Crippen molar-refractivity contribution in [2.24, 2.45) is 7.05 Å². The summed E-state index contributed by atoms with van der Waals surface area (Å²) in [6.45, 7) is 1.51. The zero-order chi connectivity index (χ0) is 21.4. The molecule has 0 bridgehead atoms. The van der Waals surface area contributed by atoms with Crippen molar-refractivity contribution in [3.05, 3.63) is 88.5 Å². The third-order valence-electron chi connectivity index (χ3n) is 5.61. The molecule has 0 saturated carbocycles. The van der Waals surface area contributed by atoms with Crippen LogP contribution in [0.2, 0.25) is 0 Å². The van der Waals surface area contributed by atoms with Gasteiger partial charge >= 0.3 is 0 Å². The Hall–Kier alpha value is -3.71. The highest BCUT2D eigenvalue weighted by molar-refractivity contribution is 5.94. The van der Waals surface area contributed by atoms with Crippen LogP contribution < -0.4 is 10.9 Å². The summed E-state index contributed by atoms with van der Waals surface area (Å²) in [5.41, 5.74) is 3.43. The van der Waals surface area contributed by atoms with Gasteiger partial charge in [0.2, 0.25) is 0 Å². The molecule has 1 fully saturated rings. The molecule has 1 N–H and O–H groups in total. The fraction of sp³-hybridized carbons (Fsp3) is 0.208. The highest BCUT2D eigenvalue weighted by Crippen LogP contribution is 2.22. The van der Waals surface area contributed by atoms with Crippen molar-refractivity contribution in [3.8, 4) is 11.3 Å². The van der Waals surface area contributed by atoms with Gasteiger partial charge in [0.1, 0.15) is 0 Å². The topological polar surface area (TPSA) is 78.2 Å². The Morgan fingerprint density at radius 2 is 2.03 bits per heavy atom. The van der Waals surface area contributed by atoms with Crippen LogP contribution in [-0.4, -0.2) is 39.5 Å². The van der Waals surface area contributed by atoms with Gasteiger partial charge < -0.3 is 14.6 Å². The standard InChI is InChI=1S/C24H22N4O3/c1-27-22(7-9-25-27)18-5-6-21-17(12-18)8-10-28(24(21)30)13-16-3-2-4-19(11-16)23(29)26-20-14-31-15-20/h2-12,20H,13-15H2,1H3,(H,26,29). The second-order valence-corrected chi connectivity index (χ2v) is 7.80. The average Bonchev–Trinajstić information content (AvgIpc) is 3.18. The predicted octanol–water partition coefficient (Wildman–Crippen LogP) is 2.58. The minimum absolute atomic E-state index is 0.0597. The van der Waals surface area contributed by atoms with Crippen LogP contribution in [0.5, 0.6) is 0 Å². The SMILES string of the molecule is Cn1nccc1-c1ccc2c(=O)n(Cc3cccc(C(=O)NC4COC4)c3)ccc2c1. The van der Waals surface area contributed by atoms with Gasteiger partial charge in [-0.25, -0.2) is 0 Å². The Morgan fingerprint density at radius 3 is 2.77 bits per heavy atom. The Balaban J connectivity index is 1.41. The summed E-state index contributed by atoms with van der Waals surface area (Å²) in [6.07, 6.45) is 3.56. The number of amides is 1. The molecule has 3 heterocycles. The maximum atomic E-state index is 13.1. The van der Waals surface area contributed by atoms with Crippen molar-refractivity contribution in [1.29, 1.82) is 0 Å². The van der Waals surface area contributed by atoms with Gasteiger partial charge in [0.25, 0.3) is 11.5 Å². The van der Waals surface area contributed by atoms with Gasteiger partial charge in [-0.1, -0.05) is 18.2 Å². The second-order valence-electron chi connectivity index (χ2n) is 7.80. The van der Waals surface area contributed by atoms with E-state index in [4.69, 9.17) is 4.74 Å². The van der Waals surface area contributed by atoms with E-state index in [1.807, 2.05) is 60.3 Å². The quantitative estimate of drug-likeness (QED) is 0.545. The van der Waals surface area contributed by atoms with Crippen molar-refractivity contribution in [1.82, 2.24) is 19.7 Å². The molecule has 1 saturated heterocycles. The summed E-state index contributed by atoms with van der Waals surface area (Å²) in [7, 11) is 1.89. The summed E-state index contributed by atoms with van der Waals surface area (Å²) in [6, 6.07) is 17.2. The maximum Gasteiger partial charge on any atom is 0.258 e. The van der Waals surface area contributed by atoms with Crippen LogP contribution in [0.25, 0.3) is 22.0 Å². The summed E-state index contributed by atoms with van der Waals surface area (Å²) in [5, 5.41) is 8.70. The lowest BCUT2D eigenvalue weighted by molar-refractivity contribution is -0.00346. The van der Waals surface area contributed by atoms with Crippen molar-refractivity contribution in [3.63, 3.8) is 0 Å². The molecule has 31 heavy (non-hydrogen) atoms. The Morgan fingerprint density at radius 1 is 1.16 bits per heavy atom. The first-order valence-electron chi connectivity index (χ1n) is 10.2. The molecule has 4 aromatic rings. The lowest BCUT2D eigenvalue weighted by atomic mass is 10.1. The molecule has 156 valence electrons. The molecule has 0 unspecified atom stereocenters. The summed E-state index contributed by atoms with van der Waals surface area (Å²) < 4.78 is 8.58. The van der Waals surface area contributed by atoms with Crippen molar-refractivity contribution in [2.45, 2.75) is 12.6 Å². The lowest BCUT2D eigenvalue weighted by Gasteiger charge is -2.26. The van der Waals surface area contributed by atoms with E-state index in [1.54, 1.807) is 23.0 Å². The van der Waals surface area contributed by atoms with E-state index in [-0.39, 0.29) is 17.5 Å². The molecule has 2 aromatic heterocycles. The van der Waals surface area contributed by atoms with E-state index < -0.39 is 0 Å². The minimum atomic E-state index is -0.122. The fourth-order valence-corrected chi connectivity index (χ4v) is 3.82. The van der Waals surface area contributed by atoms with Crippen LogP contribution >= 0.6 is 0 Å². The molecule has 1 aliphatic rings. The predicted molar refractivity (Wildman–Crippen MR) is 118 cm³/mol. The first-order chi connectivity index (χ1) is 15.1. The smallest absolute Gasteiger partial charge is 0.258 e. The molecule has 0 atom stereocenters. The largest absolute Gasteiger partial charge is 0.377 e. The molecular formula is C24H22N4O3. The molecular weight excluding hydrogens is 392 g/mol. The Bertz CT molecular complexity index is 1330. The van der Waals surface area contributed by atoms with Gasteiger partial charge in [-0.15, -0.1) is 0 Å². The summed E-state index contributed by atoms with van der Waals surface area (Å²) in [5.74, 6) is -0.122. The van der Waals surface area contributed by atoms with E-state index in [0.717, 1.165) is 22.2 Å². The lowest BCUT2D eigenvalue weighted by Crippen LogP contribution is -2.48. The van der Waals surface area contributed by atoms with E-state index in [2.05, 4.69) is 10.4 Å². The number of carbonyl (C=O) groups is 1. The minimum Gasteiger partial charge on any atom is -0.377 e. The highest BCUT2D eigenvalue weighted by Gasteiger charge is 2.21. The maximum absolute atomic E-state index is 13.1. The number of hydrogen-bond donors (Lipinski definition) is 1. The molecule has 7 heteroatoms. The van der Waals surface area contributed by atoms with E-state index in [9.17, 15) is 9.59 Å². The van der Waals surface area contributed by atoms with Gasteiger partial charge in [-0.05, 0) is 47.3 Å². The normalized spacial score (nSPS) is 13.8. The van der Waals surface area contributed by atoms with Crippen LogP contribution in [0.1, 0.15) is 15.9 Å². The first kappa shape index (κ1) is 19.3. The van der Waals surface area contributed by atoms with Gasteiger partial charge in [-0.2, -0.15) is 5.10 Å². The molecule has 7 nitrogen and oxygen atoms in total. The highest BCUT2D eigenvalue weighted by atomic mass is 16.5. The van der Waals surface area contributed by atoms with Crippen LogP contribution in [0, 0.1) is 0 Å². The number of pyridine rings is 1. The molecule has 1 amide bonds. The summed E-state index contributed by atoms with van der Waals surface area (Å²) >= 11 is 0. The molecule has 0 aliphatic carbocycles. The molecule has 1 aliphatic heterocycles. The number of fused-ring (bicyclic) bond motifs is 1.